The summed E-state index contributed by atoms with van der Waals surface area (Å²) in [6.45, 7) is 10.3. The van der Waals surface area contributed by atoms with E-state index in [0.29, 0.717) is 18.7 Å². The quantitative estimate of drug-likeness (QED) is 0.628. The second-order valence-electron chi connectivity index (χ2n) is 7.57. The molecule has 1 unspecified atom stereocenters. The van der Waals surface area contributed by atoms with Gasteiger partial charge in [-0.15, -0.1) is 0 Å². The summed E-state index contributed by atoms with van der Waals surface area (Å²) in [5, 5.41) is 3.08. The van der Waals surface area contributed by atoms with Gasteiger partial charge in [-0.05, 0) is 62.9 Å². The monoisotopic (exact) mass is 376 g/mol. The molecule has 1 heterocycles. The molecule has 2 aromatic carbocycles. The largest absolute Gasteiger partial charge is 0.441 e. The summed E-state index contributed by atoms with van der Waals surface area (Å²) in [6.07, 6.45) is 2.56. The van der Waals surface area contributed by atoms with Gasteiger partial charge in [0.1, 0.15) is 0 Å². The van der Waals surface area contributed by atoms with Crippen LogP contribution in [0.5, 0.6) is 0 Å². The number of nitrogens with one attached hydrogen (secondary N) is 1. The maximum Gasteiger partial charge on any atom is 0.220 e. The average molecular weight is 377 g/mol. The molecule has 1 atom stereocenters. The number of carbonyl (C=O) groups is 1. The number of rotatable bonds is 6. The van der Waals surface area contributed by atoms with Crippen molar-refractivity contribution in [2.24, 2.45) is 0 Å². The van der Waals surface area contributed by atoms with E-state index in [2.05, 4.69) is 68.3 Å². The summed E-state index contributed by atoms with van der Waals surface area (Å²) in [4.78, 5) is 16.7. The second-order valence-corrected chi connectivity index (χ2v) is 7.57. The molecule has 3 rings (SSSR count). The number of amides is 1. The standard InChI is InChI=1S/C24H28N2O2/c1-15-6-7-17(3)21(12-15)19(5)26-23(27)10-11-24-25-14-22(28-24)20-9-8-16(2)18(4)13-20/h6-9,12-14,19H,10-11H2,1-5H3,(H,26,27). The van der Waals surface area contributed by atoms with E-state index in [1.165, 1.54) is 22.3 Å². The van der Waals surface area contributed by atoms with E-state index in [9.17, 15) is 4.79 Å². The molecule has 146 valence electrons. The Bertz CT molecular complexity index is 988. The van der Waals surface area contributed by atoms with Gasteiger partial charge in [0.25, 0.3) is 0 Å². The lowest BCUT2D eigenvalue weighted by molar-refractivity contribution is -0.121. The third-order valence-electron chi connectivity index (χ3n) is 5.19. The molecular weight excluding hydrogens is 348 g/mol. The molecule has 1 N–H and O–H groups in total. The molecule has 4 nitrogen and oxygen atoms in total. The molecule has 3 aromatic rings. The van der Waals surface area contributed by atoms with Gasteiger partial charge in [-0.25, -0.2) is 4.98 Å². The zero-order valence-corrected chi connectivity index (χ0v) is 17.3. The number of nitrogens with zero attached hydrogens (tertiary/aromatic N) is 1. The van der Waals surface area contributed by atoms with Gasteiger partial charge >= 0.3 is 0 Å². The first-order chi connectivity index (χ1) is 13.3. The van der Waals surface area contributed by atoms with Crippen molar-refractivity contribution in [3.63, 3.8) is 0 Å². The van der Waals surface area contributed by atoms with Crippen LogP contribution in [-0.2, 0) is 11.2 Å². The Morgan fingerprint density at radius 1 is 1.04 bits per heavy atom. The van der Waals surface area contributed by atoms with Gasteiger partial charge in [-0.2, -0.15) is 0 Å². The molecule has 0 saturated heterocycles. The molecule has 0 aliphatic carbocycles. The first-order valence-corrected chi connectivity index (χ1v) is 9.72. The number of carbonyl (C=O) groups excluding carboxylic acids is 1. The smallest absolute Gasteiger partial charge is 0.220 e. The van der Waals surface area contributed by atoms with Gasteiger partial charge in [0.05, 0.1) is 12.2 Å². The SMILES string of the molecule is Cc1ccc(C)c(C(C)NC(=O)CCc2ncc(-c3ccc(C)c(C)c3)o2)c1. The van der Waals surface area contributed by atoms with Gasteiger partial charge < -0.3 is 9.73 Å². The van der Waals surface area contributed by atoms with Crippen LogP contribution >= 0.6 is 0 Å². The van der Waals surface area contributed by atoms with E-state index < -0.39 is 0 Å². The molecule has 0 aliphatic rings. The lowest BCUT2D eigenvalue weighted by Gasteiger charge is -2.17. The Morgan fingerprint density at radius 3 is 2.54 bits per heavy atom. The molecule has 0 bridgehead atoms. The van der Waals surface area contributed by atoms with Gasteiger partial charge in [-0.1, -0.05) is 35.9 Å². The van der Waals surface area contributed by atoms with Crippen LogP contribution in [0, 0.1) is 27.7 Å². The van der Waals surface area contributed by atoms with E-state index in [4.69, 9.17) is 4.42 Å². The minimum Gasteiger partial charge on any atom is -0.441 e. The Kier molecular flexibility index (Phi) is 5.98. The summed E-state index contributed by atoms with van der Waals surface area (Å²) < 4.78 is 5.85. The Hall–Kier alpha value is -2.88. The van der Waals surface area contributed by atoms with Gasteiger partial charge in [0.15, 0.2) is 11.7 Å². The lowest BCUT2D eigenvalue weighted by Crippen LogP contribution is -2.27. The van der Waals surface area contributed by atoms with Crippen molar-refractivity contribution >= 4 is 5.91 Å². The zero-order chi connectivity index (χ0) is 20.3. The number of aromatic nitrogens is 1. The van der Waals surface area contributed by atoms with Crippen LogP contribution in [0.4, 0.5) is 0 Å². The van der Waals surface area contributed by atoms with Crippen LogP contribution in [0.1, 0.15) is 53.1 Å². The summed E-state index contributed by atoms with van der Waals surface area (Å²) in [5.41, 5.74) is 7.01. The van der Waals surface area contributed by atoms with Crippen molar-refractivity contribution in [2.45, 2.75) is 53.5 Å². The predicted octanol–water partition coefficient (Wildman–Crippen LogP) is 5.39. The predicted molar refractivity (Wildman–Crippen MR) is 112 cm³/mol. The van der Waals surface area contributed by atoms with Crippen molar-refractivity contribution in [1.82, 2.24) is 10.3 Å². The van der Waals surface area contributed by atoms with E-state index in [0.717, 1.165) is 16.9 Å². The average Bonchev–Trinajstić information content (AvgIpc) is 3.13. The maximum atomic E-state index is 12.4. The van der Waals surface area contributed by atoms with Crippen LogP contribution in [0.2, 0.25) is 0 Å². The summed E-state index contributed by atoms with van der Waals surface area (Å²) in [7, 11) is 0. The minimum absolute atomic E-state index is 0.000614. The Morgan fingerprint density at radius 2 is 1.79 bits per heavy atom. The van der Waals surface area contributed by atoms with Crippen molar-refractivity contribution in [3.05, 3.63) is 76.3 Å². The molecule has 0 fully saturated rings. The van der Waals surface area contributed by atoms with E-state index in [-0.39, 0.29) is 11.9 Å². The van der Waals surface area contributed by atoms with Crippen LogP contribution in [0.15, 0.2) is 47.0 Å². The molecular formula is C24H28N2O2. The van der Waals surface area contributed by atoms with Crippen molar-refractivity contribution in [2.75, 3.05) is 0 Å². The third-order valence-corrected chi connectivity index (χ3v) is 5.19. The van der Waals surface area contributed by atoms with E-state index >= 15 is 0 Å². The number of hydrogen-bond donors (Lipinski definition) is 1. The van der Waals surface area contributed by atoms with Crippen LogP contribution in [-0.4, -0.2) is 10.9 Å². The molecule has 0 radical (unpaired) electrons. The Labute approximate surface area is 167 Å². The summed E-state index contributed by atoms with van der Waals surface area (Å²) in [5.74, 6) is 1.32. The highest BCUT2D eigenvalue weighted by molar-refractivity contribution is 5.76. The van der Waals surface area contributed by atoms with Gasteiger partial charge in [-0.3, -0.25) is 4.79 Å². The molecule has 1 aromatic heterocycles. The van der Waals surface area contributed by atoms with Crippen LogP contribution in [0.3, 0.4) is 0 Å². The zero-order valence-electron chi connectivity index (χ0n) is 17.3. The fraction of sp³-hybridized carbons (Fsp3) is 0.333. The van der Waals surface area contributed by atoms with E-state index in [1.54, 1.807) is 6.20 Å². The maximum absolute atomic E-state index is 12.4. The van der Waals surface area contributed by atoms with E-state index in [1.807, 2.05) is 13.0 Å². The summed E-state index contributed by atoms with van der Waals surface area (Å²) >= 11 is 0. The Balaban J connectivity index is 1.58. The third kappa shape index (κ3) is 4.69. The highest BCUT2D eigenvalue weighted by Crippen LogP contribution is 2.23. The number of aryl methyl sites for hydroxylation is 5. The molecule has 0 spiro atoms. The highest BCUT2D eigenvalue weighted by Gasteiger charge is 2.14. The number of oxazole rings is 1. The molecule has 0 saturated carbocycles. The van der Waals surface area contributed by atoms with Gasteiger partial charge in [0.2, 0.25) is 5.91 Å². The lowest BCUT2D eigenvalue weighted by atomic mass is 10.00. The molecule has 0 aliphatic heterocycles. The van der Waals surface area contributed by atoms with Crippen molar-refractivity contribution in [3.8, 4) is 11.3 Å². The topological polar surface area (TPSA) is 55.1 Å². The highest BCUT2D eigenvalue weighted by atomic mass is 16.4. The normalized spacial score (nSPS) is 12.0. The van der Waals surface area contributed by atoms with Crippen LogP contribution < -0.4 is 5.32 Å². The first kappa shape index (κ1) is 19.9. The second kappa shape index (κ2) is 8.42. The first-order valence-electron chi connectivity index (χ1n) is 9.72. The fourth-order valence-corrected chi connectivity index (χ4v) is 3.29. The molecule has 4 heteroatoms. The number of hydrogen-bond acceptors (Lipinski definition) is 3. The van der Waals surface area contributed by atoms with Crippen LogP contribution in [0.25, 0.3) is 11.3 Å². The minimum atomic E-state index is -0.0249. The van der Waals surface area contributed by atoms with Crippen molar-refractivity contribution < 1.29 is 9.21 Å². The summed E-state index contributed by atoms with van der Waals surface area (Å²) in [6, 6.07) is 12.5. The van der Waals surface area contributed by atoms with Gasteiger partial charge in [0, 0.05) is 18.4 Å². The fourth-order valence-electron chi connectivity index (χ4n) is 3.29. The number of benzene rings is 2. The molecule has 28 heavy (non-hydrogen) atoms. The van der Waals surface area contributed by atoms with Crippen molar-refractivity contribution in [1.29, 1.82) is 0 Å². The molecule has 1 amide bonds.